The Labute approximate surface area is 101 Å². The first-order valence-electron chi connectivity index (χ1n) is 5.30. The summed E-state index contributed by atoms with van der Waals surface area (Å²) in [5, 5.41) is -0.403. The third kappa shape index (κ3) is 2.89. The molecule has 2 N–H and O–H groups in total. The molecule has 1 aliphatic rings. The molecule has 6 heteroatoms. The largest absolute Gasteiger partial charge is 0.377 e. The van der Waals surface area contributed by atoms with Crippen LogP contribution < -0.4 is 5.73 Å². The molecule has 5 nitrogen and oxygen atoms in total. The van der Waals surface area contributed by atoms with Crippen molar-refractivity contribution in [3.63, 3.8) is 0 Å². The van der Waals surface area contributed by atoms with Gasteiger partial charge in [0.15, 0.2) is 0 Å². The molecule has 0 radical (unpaired) electrons. The topological polar surface area (TPSA) is 72.6 Å². The maximum atomic E-state index is 12.0. The van der Waals surface area contributed by atoms with Crippen molar-refractivity contribution >= 4 is 24.4 Å². The molecule has 1 aliphatic heterocycles. The molecule has 2 unspecified atom stereocenters. The lowest BCUT2D eigenvalue weighted by atomic mass is 10.1. The van der Waals surface area contributed by atoms with Crippen LogP contribution in [0.5, 0.6) is 0 Å². The summed E-state index contributed by atoms with van der Waals surface area (Å²) >= 11 is 4.25. The number of amides is 2. The van der Waals surface area contributed by atoms with Crippen LogP contribution >= 0.6 is 12.6 Å². The molecular formula is C10H18N2O3S. The summed E-state index contributed by atoms with van der Waals surface area (Å²) < 4.78 is 5.14. The minimum Gasteiger partial charge on any atom is -0.377 e. The van der Waals surface area contributed by atoms with Crippen LogP contribution in [-0.2, 0) is 14.3 Å². The number of carbonyl (C=O) groups excluding carboxylic acids is 2. The first kappa shape index (κ1) is 13.3. The van der Waals surface area contributed by atoms with E-state index in [0.29, 0.717) is 13.2 Å². The van der Waals surface area contributed by atoms with Gasteiger partial charge >= 0.3 is 0 Å². The van der Waals surface area contributed by atoms with Crippen molar-refractivity contribution in [2.45, 2.75) is 25.1 Å². The lowest BCUT2D eigenvalue weighted by Gasteiger charge is -2.35. The fourth-order valence-corrected chi connectivity index (χ4v) is 1.71. The number of ether oxygens (including phenoxy) is 1. The van der Waals surface area contributed by atoms with Crippen molar-refractivity contribution in [1.29, 1.82) is 0 Å². The van der Waals surface area contributed by atoms with Crippen LogP contribution in [0.3, 0.4) is 0 Å². The molecule has 0 spiro atoms. The number of hydrogen-bond donors (Lipinski definition) is 2. The van der Waals surface area contributed by atoms with E-state index in [1.807, 2.05) is 13.8 Å². The van der Waals surface area contributed by atoms with E-state index in [4.69, 9.17) is 10.5 Å². The Balaban J connectivity index is 2.75. The summed E-state index contributed by atoms with van der Waals surface area (Å²) in [6, 6.07) is -0.658. The molecule has 1 rings (SSSR count). The van der Waals surface area contributed by atoms with Crippen molar-refractivity contribution in [2.24, 2.45) is 11.7 Å². The maximum Gasteiger partial charge on any atom is 0.242 e. The predicted octanol–water partition coefficient (Wildman–Crippen LogP) is -0.346. The number of nitrogens with zero attached hydrogens (tertiary/aromatic N) is 1. The molecule has 1 fully saturated rings. The molecule has 2 amide bonds. The Bertz CT molecular complexity index is 283. The van der Waals surface area contributed by atoms with Crippen LogP contribution in [0.15, 0.2) is 0 Å². The van der Waals surface area contributed by atoms with Crippen molar-refractivity contribution in [2.75, 3.05) is 19.8 Å². The summed E-state index contributed by atoms with van der Waals surface area (Å²) in [7, 11) is 0. The molecule has 0 aromatic heterocycles. The van der Waals surface area contributed by atoms with Gasteiger partial charge in [0.1, 0.15) is 6.04 Å². The first-order valence-corrected chi connectivity index (χ1v) is 5.82. The standard InChI is InChI=1S/C10H18N2O3S/c1-6(2)8(16)10(14)12-3-4-15-5-7(12)9(11)13/h6-8,16H,3-5H2,1-2H3,(H2,11,13). The van der Waals surface area contributed by atoms with Gasteiger partial charge in [-0.2, -0.15) is 12.6 Å². The number of primary amides is 1. The second-order valence-electron chi connectivity index (χ2n) is 4.21. The van der Waals surface area contributed by atoms with E-state index in [1.54, 1.807) is 0 Å². The highest BCUT2D eigenvalue weighted by Gasteiger charge is 2.34. The zero-order valence-corrected chi connectivity index (χ0v) is 10.4. The quantitative estimate of drug-likeness (QED) is 0.669. The van der Waals surface area contributed by atoms with Gasteiger partial charge in [-0.05, 0) is 5.92 Å². The summed E-state index contributed by atoms with van der Waals surface area (Å²) in [5.41, 5.74) is 5.23. The van der Waals surface area contributed by atoms with Gasteiger partial charge in [0.25, 0.3) is 0 Å². The highest BCUT2D eigenvalue weighted by molar-refractivity contribution is 7.81. The molecule has 2 atom stereocenters. The van der Waals surface area contributed by atoms with Crippen LogP contribution in [0, 0.1) is 5.92 Å². The number of hydrogen-bond acceptors (Lipinski definition) is 4. The second kappa shape index (κ2) is 5.54. The summed E-state index contributed by atoms with van der Waals surface area (Å²) in [6.07, 6.45) is 0. The van der Waals surface area contributed by atoms with E-state index in [0.717, 1.165) is 0 Å². The Kier molecular flexibility index (Phi) is 4.61. The van der Waals surface area contributed by atoms with Gasteiger partial charge in [0, 0.05) is 6.54 Å². The Hall–Kier alpha value is -0.750. The number of morpholine rings is 1. The lowest BCUT2D eigenvalue weighted by Crippen LogP contribution is -2.57. The zero-order chi connectivity index (χ0) is 12.3. The van der Waals surface area contributed by atoms with Gasteiger partial charge in [0.2, 0.25) is 11.8 Å². The SMILES string of the molecule is CC(C)C(S)C(=O)N1CCOCC1C(N)=O. The van der Waals surface area contributed by atoms with Gasteiger partial charge in [0.05, 0.1) is 18.5 Å². The van der Waals surface area contributed by atoms with Crippen LogP contribution in [0.4, 0.5) is 0 Å². The highest BCUT2D eigenvalue weighted by atomic mass is 32.1. The Morgan fingerprint density at radius 2 is 2.12 bits per heavy atom. The smallest absolute Gasteiger partial charge is 0.242 e. The average Bonchev–Trinajstić information content (AvgIpc) is 2.26. The molecule has 0 aromatic carbocycles. The fourth-order valence-electron chi connectivity index (χ4n) is 1.56. The molecule has 16 heavy (non-hydrogen) atoms. The third-order valence-corrected chi connectivity index (χ3v) is 3.44. The van der Waals surface area contributed by atoms with Crippen molar-refractivity contribution in [3.05, 3.63) is 0 Å². The van der Waals surface area contributed by atoms with Gasteiger partial charge in [-0.15, -0.1) is 0 Å². The minimum absolute atomic E-state index is 0.118. The van der Waals surface area contributed by atoms with E-state index < -0.39 is 17.2 Å². The van der Waals surface area contributed by atoms with Gasteiger partial charge in [-0.25, -0.2) is 0 Å². The number of rotatable bonds is 3. The molecule has 1 saturated heterocycles. The number of carbonyl (C=O) groups is 2. The van der Waals surface area contributed by atoms with E-state index >= 15 is 0 Å². The van der Waals surface area contributed by atoms with Crippen molar-refractivity contribution in [1.82, 2.24) is 4.90 Å². The van der Waals surface area contributed by atoms with E-state index in [9.17, 15) is 9.59 Å². The minimum atomic E-state index is -0.658. The van der Waals surface area contributed by atoms with E-state index in [-0.39, 0.29) is 18.4 Å². The van der Waals surface area contributed by atoms with E-state index in [2.05, 4.69) is 12.6 Å². The molecule has 1 heterocycles. The normalized spacial score (nSPS) is 23.2. The lowest BCUT2D eigenvalue weighted by molar-refractivity contribution is -0.147. The number of nitrogens with two attached hydrogens (primary N) is 1. The zero-order valence-electron chi connectivity index (χ0n) is 9.55. The Morgan fingerprint density at radius 1 is 1.50 bits per heavy atom. The molecule has 0 aromatic rings. The molecule has 92 valence electrons. The highest BCUT2D eigenvalue weighted by Crippen LogP contribution is 2.16. The van der Waals surface area contributed by atoms with Crippen LogP contribution in [0.1, 0.15) is 13.8 Å². The molecule has 0 saturated carbocycles. The Morgan fingerprint density at radius 3 is 2.62 bits per heavy atom. The van der Waals surface area contributed by atoms with Gasteiger partial charge in [-0.1, -0.05) is 13.8 Å². The summed E-state index contributed by atoms with van der Waals surface area (Å²) in [5.74, 6) is -0.560. The molecule has 0 aliphatic carbocycles. The molecular weight excluding hydrogens is 228 g/mol. The van der Waals surface area contributed by atoms with Crippen molar-refractivity contribution < 1.29 is 14.3 Å². The fraction of sp³-hybridized carbons (Fsp3) is 0.800. The second-order valence-corrected chi connectivity index (χ2v) is 4.77. The first-order chi connectivity index (χ1) is 7.45. The van der Waals surface area contributed by atoms with Crippen molar-refractivity contribution in [3.8, 4) is 0 Å². The van der Waals surface area contributed by atoms with Crippen LogP contribution in [-0.4, -0.2) is 47.8 Å². The predicted molar refractivity (Wildman–Crippen MR) is 63.1 cm³/mol. The van der Waals surface area contributed by atoms with Gasteiger partial charge in [-0.3, -0.25) is 9.59 Å². The third-order valence-electron chi connectivity index (χ3n) is 2.62. The molecule has 0 bridgehead atoms. The van der Waals surface area contributed by atoms with Crippen LogP contribution in [0.25, 0.3) is 0 Å². The number of thiol groups is 1. The maximum absolute atomic E-state index is 12.0. The summed E-state index contributed by atoms with van der Waals surface area (Å²) in [4.78, 5) is 24.7. The average molecular weight is 246 g/mol. The van der Waals surface area contributed by atoms with E-state index in [1.165, 1.54) is 4.90 Å². The summed E-state index contributed by atoms with van der Waals surface area (Å²) in [6.45, 7) is 4.84. The van der Waals surface area contributed by atoms with Crippen LogP contribution in [0.2, 0.25) is 0 Å². The van der Waals surface area contributed by atoms with Gasteiger partial charge < -0.3 is 15.4 Å². The monoisotopic (exact) mass is 246 g/mol.